The molecular formula is C26H28F2N4O3. The molecule has 3 aromatic rings. The van der Waals surface area contributed by atoms with E-state index in [-0.39, 0.29) is 30.1 Å². The predicted molar refractivity (Wildman–Crippen MR) is 126 cm³/mol. The van der Waals surface area contributed by atoms with Gasteiger partial charge in [0.1, 0.15) is 23.2 Å². The fourth-order valence-electron chi connectivity index (χ4n) is 5.34. The monoisotopic (exact) mass is 482 g/mol. The van der Waals surface area contributed by atoms with E-state index in [0.717, 1.165) is 12.8 Å². The van der Waals surface area contributed by atoms with Gasteiger partial charge in [-0.2, -0.15) is 0 Å². The van der Waals surface area contributed by atoms with E-state index in [2.05, 4.69) is 15.3 Å². The van der Waals surface area contributed by atoms with E-state index in [1.54, 1.807) is 18.2 Å². The molecule has 1 aromatic heterocycles. The number of benzene rings is 2. The Kier molecular flexibility index (Phi) is 6.17. The van der Waals surface area contributed by atoms with Gasteiger partial charge in [0.2, 0.25) is 11.8 Å². The Morgan fingerprint density at radius 3 is 2.86 bits per heavy atom. The molecule has 2 aliphatic rings. The maximum atomic E-state index is 14.7. The molecule has 5 rings (SSSR count). The van der Waals surface area contributed by atoms with Crippen molar-refractivity contribution < 1.29 is 23.1 Å². The lowest BCUT2D eigenvalue weighted by Gasteiger charge is -2.31. The zero-order valence-electron chi connectivity index (χ0n) is 19.6. The smallest absolute Gasteiger partial charge is 0.223 e. The number of hydrogen-bond donors (Lipinski definition) is 2. The molecule has 0 aliphatic carbocycles. The second-order valence-electron chi connectivity index (χ2n) is 9.49. The van der Waals surface area contributed by atoms with Crippen LogP contribution in [0.15, 0.2) is 36.4 Å². The van der Waals surface area contributed by atoms with E-state index in [4.69, 9.17) is 4.74 Å². The summed E-state index contributed by atoms with van der Waals surface area (Å²) in [6.45, 7) is 0.612. The van der Waals surface area contributed by atoms with E-state index in [1.807, 2.05) is 4.90 Å². The lowest BCUT2D eigenvalue weighted by atomic mass is 9.84. The second-order valence-corrected chi connectivity index (χ2v) is 9.49. The molecule has 2 N–H and O–H groups in total. The van der Waals surface area contributed by atoms with Gasteiger partial charge in [0, 0.05) is 31.0 Å². The maximum absolute atomic E-state index is 14.7. The van der Waals surface area contributed by atoms with Crippen molar-refractivity contribution in [2.24, 2.45) is 0 Å². The standard InChI is InChI=1S/C26H28F2N4O3/c1-35-18-6-4-16(19(28)14-18)15-26(10-8-23(33)31-26)11-9-24(34)32-12-2-3-22(32)25-29-20-7-5-17(27)13-21(20)30-25/h4-7,13-14,22H,2-3,8-12,15H2,1H3,(H,29,30)(H,31,33). The number of imidazole rings is 1. The molecule has 184 valence electrons. The lowest BCUT2D eigenvalue weighted by Crippen LogP contribution is -2.45. The number of carbonyl (C=O) groups excluding carboxylic acids is 2. The molecule has 2 amide bonds. The third-order valence-electron chi connectivity index (χ3n) is 7.19. The van der Waals surface area contributed by atoms with Crippen LogP contribution >= 0.6 is 0 Å². The van der Waals surface area contributed by atoms with Gasteiger partial charge < -0.3 is 19.9 Å². The van der Waals surface area contributed by atoms with Crippen LogP contribution in [0.2, 0.25) is 0 Å². The summed E-state index contributed by atoms with van der Waals surface area (Å²) in [6, 6.07) is 8.88. The summed E-state index contributed by atoms with van der Waals surface area (Å²) in [5, 5.41) is 3.02. The first-order valence-electron chi connectivity index (χ1n) is 11.9. The minimum atomic E-state index is -0.672. The first-order chi connectivity index (χ1) is 16.9. The summed E-state index contributed by atoms with van der Waals surface area (Å²) in [5.74, 6) is 0.233. The van der Waals surface area contributed by atoms with E-state index in [0.29, 0.717) is 60.4 Å². The van der Waals surface area contributed by atoms with Crippen LogP contribution in [0.4, 0.5) is 8.78 Å². The predicted octanol–water partition coefficient (Wildman–Crippen LogP) is 4.18. The number of nitrogens with zero attached hydrogens (tertiary/aromatic N) is 2. The number of halogens is 2. The highest BCUT2D eigenvalue weighted by atomic mass is 19.1. The highest BCUT2D eigenvalue weighted by molar-refractivity contribution is 5.81. The van der Waals surface area contributed by atoms with Gasteiger partial charge in [0.15, 0.2) is 0 Å². The minimum Gasteiger partial charge on any atom is -0.497 e. The summed E-state index contributed by atoms with van der Waals surface area (Å²) in [4.78, 5) is 35.0. The number of rotatable bonds is 7. The molecule has 2 fully saturated rings. The number of nitrogens with one attached hydrogen (secondary N) is 2. The van der Waals surface area contributed by atoms with Crippen LogP contribution in [0, 0.1) is 11.6 Å². The van der Waals surface area contributed by atoms with Gasteiger partial charge >= 0.3 is 0 Å². The fourth-order valence-corrected chi connectivity index (χ4v) is 5.34. The van der Waals surface area contributed by atoms with Crippen molar-refractivity contribution in [3.63, 3.8) is 0 Å². The third-order valence-corrected chi connectivity index (χ3v) is 7.19. The average molecular weight is 483 g/mol. The number of methoxy groups -OCH3 is 1. The quantitative estimate of drug-likeness (QED) is 0.529. The van der Waals surface area contributed by atoms with Crippen molar-refractivity contribution in [3.05, 3.63) is 59.4 Å². The van der Waals surface area contributed by atoms with Gasteiger partial charge in [-0.05, 0) is 61.9 Å². The zero-order valence-corrected chi connectivity index (χ0v) is 19.6. The molecule has 9 heteroatoms. The van der Waals surface area contributed by atoms with Crippen molar-refractivity contribution in [3.8, 4) is 5.75 Å². The third kappa shape index (κ3) is 4.72. The Hall–Kier alpha value is -3.49. The van der Waals surface area contributed by atoms with Gasteiger partial charge in [-0.1, -0.05) is 6.07 Å². The van der Waals surface area contributed by atoms with Crippen LogP contribution < -0.4 is 10.1 Å². The molecule has 0 bridgehead atoms. The molecule has 2 unspecified atom stereocenters. The average Bonchev–Trinajstić information content (AvgIpc) is 3.57. The van der Waals surface area contributed by atoms with Crippen molar-refractivity contribution in [1.82, 2.24) is 20.2 Å². The lowest BCUT2D eigenvalue weighted by molar-refractivity contribution is -0.133. The second kappa shape index (κ2) is 9.28. The first kappa shape index (κ1) is 23.3. The number of aromatic nitrogens is 2. The molecule has 2 aliphatic heterocycles. The number of aromatic amines is 1. The van der Waals surface area contributed by atoms with E-state index >= 15 is 0 Å². The van der Waals surface area contributed by atoms with Crippen molar-refractivity contribution in [2.45, 2.75) is 56.5 Å². The Labute approximate surface area is 201 Å². The van der Waals surface area contributed by atoms with Gasteiger partial charge in [-0.25, -0.2) is 13.8 Å². The number of ether oxygens (including phenoxy) is 1. The Morgan fingerprint density at radius 1 is 1.26 bits per heavy atom. The van der Waals surface area contributed by atoms with Crippen LogP contribution in [-0.4, -0.2) is 45.9 Å². The van der Waals surface area contributed by atoms with Crippen LogP contribution in [0.5, 0.6) is 5.75 Å². The minimum absolute atomic E-state index is 0.0325. The molecule has 2 saturated heterocycles. The Bertz CT molecular complexity index is 1280. The number of H-pyrrole nitrogens is 1. The number of amides is 2. The fraction of sp³-hybridized carbons (Fsp3) is 0.423. The molecule has 0 spiro atoms. The van der Waals surface area contributed by atoms with E-state index in [1.165, 1.54) is 25.3 Å². The van der Waals surface area contributed by atoms with Crippen LogP contribution in [-0.2, 0) is 16.0 Å². The SMILES string of the molecule is COc1ccc(CC2(CCC(=O)N3CCCC3c3nc4ccc(F)cc4[nH]3)CCC(=O)N2)c(F)c1. The highest BCUT2D eigenvalue weighted by Gasteiger charge is 2.40. The topological polar surface area (TPSA) is 87.3 Å². The number of carbonyl (C=O) groups is 2. The summed E-state index contributed by atoms with van der Waals surface area (Å²) in [6.07, 6.45) is 3.46. The van der Waals surface area contributed by atoms with E-state index < -0.39 is 11.4 Å². The van der Waals surface area contributed by atoms with Gasteiger partial charge in [-0.15, -0.1) is 0 Å². The molecule has 2 atom stereocenters. The molecule has 7 nitrogen and oxygen atoms in total. The number of likely N-dealkylation sites (tertiary alicyclic amines) is 1. The maximum Gasteiger partial charge on any atom is 0.223 e. The number of fused-ring (bicyclic) bond motifs is 1. The molecule has 3 heterocycles. The van der Waals surface area contributed by atoms with Crippen molar-refractivity contribution in [1.29, 1.82) is 0 Å². The molecule has 2 aromatic carbocycles. The van der Waals surface area contributed by atoms with Gasteiger partial charge in [-0.3, -0.25) is 9.59 Å². The largest absolute Gasteiger partial charge is 0.497 e. The first-order valence-corrected chi connectivity index (χ1v) is 11.9. The van der Waals surface area contributed by atoms with Crippen LogP contribution in [0.1, 0.15) is 56.0 Å². The summed E-state index contributed by atoms with van der Waals surface area (Å²) in [7, 11) is 1.48. The number of hydrogen-bond acceptors (Lipinski definition) is 4. The Balaban J connectivity index is 1.30. The molecule has 0 radical (unpaired) electrons. The molecular weight excluding hydrogens is 454 g/mol. The molecule has 35 heavy (non-hydrogen) atoms. The summed E-state index contributed by atoms with van der Waals surface area (Å²) >= 11 is 0. The van der Waals surface area contributed by atoms with Crippen molar-refractivity contribution in [2.75, 3.05) is 13.7 Å². The summed E-state index contributed by atoms with van der Waals surface area (Å²) < 4.78 is 33.3. The van der Waals surface area contributed by atoms with Gasteiger partial charge in [0.25, 0.3) is 0 Å². The van der Waals surface area contributed by atoms with Gasteiger partial charge in [0.05, 0.1) is 24.2 Å². The Morgan fingerprint density at radius 2 is 2.11 bits per heavy atom. The van der Waals surface area contributed by atoms with Crippen LogP contribution in [0.3, 0.4) is 0 Å². The summed E-state index contributed by atoms with van der Waals surface area (Å²) in [5.41, 5.74) is 1.08. The van der Waals surface area contributed by atoms with Crippen LogP contribution in [0.25, 0.3) is 11.0 Å². The highest BCUT2D eigenvalue weighted by Crippen LogP contribution is 2.35. The zero-order chi connectivity index (χ0) is 24.6. The van der Waals surface area contributed by atoms with E-state index in [9.17, 15) is 18.4 Å². The normalized spacial score (nSPS) is 22.1. The molecule has 0 saturated carbocycles. The van der Waals surface area contributed by atoms with Crippen molar-refractivity contribution >= 4 is 22.8 Å².